The van der Waals surface area contributed by atoms with Crippen molar-refractivity contribution >= 4 is 45.7 Å². The van der Waals surface area contributed by atoms with Crippen LogP contribution in [0.1, 0.15) is 24.2 Å². The summed E-state index contributed by atoms with van der Waals surface area (Å²) in [5.74, 6) is -2.01. The number of nitro groups is 1. The van der Waals surface area contributed by atoms with E-state index in [-0.39, 0.29) is 28.0 Å². The number of hydrogen-bond acceptors (Lipinski definition) is 7. The molecular formula is C29H20ClN5O5. The fourth-order valence-electron chi connectivity index (χ4n) is 7.65. The molecule has 3 aromatic carbocycles. The van der Waals surface area contributed by atoms with Crippen molar-refractivity contribution in [3.63, 3.8) is 0 Å². The molecule has 1 aromatic heterocycles. The van der Waals surface area contributed by atoms with Crippen molar-refractivity contribution in [1.82, 2.24) is 14.5 Å². The lowest BCUT2D eigenvalue weighted by Gasteiger charge is -2.38. The second kappa shape index (κ2) is 7.83. The van der Waals surface area contributed by atoms with Gasteiger partial charge in [0.05, 0.1) is 39.0 Å². The monoisotopic (exact) mass is 553 g/mol. The number of rotatable bonds is 2. The summed E-state index contributed by atoms with van der Waals surface area (Å²) in [6.07, 6.45) is 1.53. The molecule has 0 bridgehead atoms. The van der Waals surface area contributed by atoms with Crippen molar-refractivity contribution in [2.75, 3.05) is 11.4 Å². The second-order valence-electron chi connectivity index (χ2n) is 10.7. The van der Waals surface area contributed by atoms with Crippen LogP contribution in [-0.2, 0) is 15.1 Å². The van der Waals surface area contributed by atoms with Crippen LogP contribution in [0.25, 0.3) is 16.6 Å². The minimum absolute atomic E-state index is 0.0828. The number of carbonyl (C=O) groups excluding carboxylic acids is 2. The molecule has 4 aliphatic heterocycles. The predicted molar refractivity (Wildman–Crippen MR) is 145 cm³/mol. The Balaban J connectivity index is 1.41. The number of imide groups is 1. The number of amides is 2. The molecule has 1 spiro atoms. The Morgan fingerprint density at radius 1 is 1.00 bits per heavy atom. The van der Waals surface area contributed by atoms with Crippen molar-refractivity contribution in [2.24, 2.45) is 11.8 Å². The fourth-order valence-corrected chi connectivity index (χ4v) is 7.83. The SMILES string of the molecule is O=C1[C@@H]2[C@@H]3CCCN3[C@@]3(c4ccccc4-n4c3nc3ccccc3c4=O)[C@H]2C(=O)N1c1ccc(Cl)c([N+](=O)[O-])c1. The number of aromatic nitrogens is 2. The second-order valence-corrected chi connectivity index (χ2v) is 11.1. The van der Waals surface area contributed by atoms with E-state index in [9.17, 15) is 24.5 Å². The maximum atomic E-state index is 14.5. The molecule has 4 aromatic rings. The van der Waals surface area contributed by atoms with Gasteiger partial charge in [-0.25, -0.2) is 9.88 Å². The van der Waals surface area contributed by atoms with Crippen LogP contribution in [0.15, 0.2) is 71.5 Å². The van der Waals surface area contributed by atoms with Crippen molar-refractivity contribution in [1.29, 1.82) is 0 Å². The number of halogens is 1. The summed E-state index contributed by atoms with van der Waals surface area (Å²) in [6, 6.07) is 18.3. The van der Waals surface area contributed by atoms with E-state index in [1.165, 1.54) is 18.2 Å². The largest absolute Gasteiger partial charge is 0.289 e. The summed E-state index contributed by atoms with van der Waals surface area (Å²) >= 11 is 6.04. The van der Waals surface area contributed by atoms with E-state index < -0.39 is 34.1 Å². The maximum absolute atomic E-state index is 14.5. The van der Waals surface area contributed by atoms with E-state index >= 15 is 0 Å². The van der Waals surface area contributed by atoms with Gasteiger partial charge >= 0.3 is 0 Å². The van der Waals surface area contributed by atoms with Crippen molar-refractivity contribution in [3.8, 4) is 5.69 Å². The molecule has 0 saturated carbocycles. The third kappa shape index (κ3) is 2.62. The van der Waals surface area contributed by atoms with Crippen molar-refractivity contribution in [2.45, 2.75) is 24.4 Å². The average Bonchev–Trinajstić information content (AvgIpc) is 3.66. The highest BCUT2D eigenvalue weighted by Gasteiger charge is 2.73. The van der Waals surface area contributed by atoms with Crippen LogP contribution in [-0.4, -0.2) is 43.8 Å². The number of fused-ring (bicyclic) bond motifs is 11. The van der Waals surface area contributed by atoms with Crippen LogP contribution in [0, 0.1) is 22.0 Å². The minimum Gasteiger partial charge on any atom is -0.283 e. The summed E-state index contributed by atoms with van der Waals surface area (Å²) in [5, 5.41) is 12.0. The summed E-state index contributed by atoms with van der Waals surface area (Å²) in [5.41, 5.74) is 0.275. The van der Waals surface area contributed by atoms with Crippen LogP contribution in [0.3, 0.4) is 0 Å². The predicted octanol–water partition coefficient (Wildman–Crippen LogP) is 3.79. The van der Waals surface area contributed by atoms with Crippen LogP contribution in [0.5, 0.6) is 0 Å². The third-order valence-electron chi connectivity index (χ3n) is 9.02. The topological polar surface area (TPSA) is 119 Å². The first-order valence-electron chi connectivity index (χ1n) is 13.1. The summed E-state index contributed by atoms with van der Waals surface area (Å²) < 4.78 is 1.60. The number of para-hydroxylation sites is 2. The van der Waals surface area contributed by atoms with Crippen LogP contribution < -0.4 is 10.5 Å². The Morgan fingerprint density at radius 2 is 1.77 bits per heavy atom. The highest BCUT2D eigenvalue weighted by Crippen LogP contribution is 2.62. The molecule has 0 N–H and O–H groups in total. The normalized spacial score (nSPS) is 26.4. The van der Waals surface area contributed by atoms with Gasteiger partial charge in [0.1, 0.15) is 16.4 Å². The van der Waals surface area contributed by atoms with Gasteiger partial charge in [-0.15, -0.1) is 0 Å². The Labute approximate surface area is 231 Å². The first kappa shape index (κ1) is 23.5. The Bertz CT molecular complexity index is 1910. The average molecular weight is 554 g/mol. The molecule has 3 saturated heterocycles. The van der Waals surface area contributed by atoms with E-state index in [1.54, 1.807) is 22.8 Å². The third-order valence-corrected chi connectivity index (χ3v) is 9.34. The van der Waals surface area contributed by atoms with Gasteiger partial charge in [-0.1, -0.05) is 41.9 Å². The van der Waals surface area contributed by atoms with E-state index in [1.807, 2.05) is 30.3 Å². The molecule has 0 aliphatic carbocycles. The highest BCUT2D eigenvalue weighted by atomic mass is 35.5. The Hall–Kier alpha value is -4.41. The zero-order valence-electron chi connectivity index (χ0n) is 20.9. The number of hydrogen-bond donors (Lipinski definition) is 0. The lowest BCUT2D eigenvalue weighted by molar-refractivity contribution is -0.384. The van der Waals surface area contributed by atoms with Gasteiger partial charge < -0.3 is 0 Å². The number of benzene rings is 3. The molecule has 4 atom stereocenters. The molecule has 2 amide bonds. The Kier molecular flexibility index (Phi) is 4.60. The molecule has 0 radical (unpaired) electrons. The van der Waals surface area contributed by atoms with E-state index in [0.717, 1.165) is 16.9 Å². The smallest absolute Gasteiger partial charge is 0.283 e. The van der Waals surface area contributed by atoms with E-state index in [2.05, 4.69) is 4.90 Å². The van der Waals surface area contributed by atoms with Crippen molar-refractivity contribution in [3.05, 3.63) is 104 Å². The van der Waals surface area contributed by atoms with E-state index in [4.69, 9.17) is 16.6 Å². The fraction of sp³-hybridized carbons (Fsp3) is 0.241. The molecule has 0 unspecified atom stereocenters. The molecule has 40 heavy (non-hydrogen) atoms. The zero-order chi connectivity index (χ0) is 27.5. The van der Waals surface area contributed by atoms with Crippen LogP contribution in [0.2, 0.25) is 5.02 Å². The lowest BCUT2D eigenvalue weighted by Crippen LogP contribution is -2.51. The van der Waals surface area contributed by atoms with Gasteiger partial charge in [-0.05, 0) is 49.7 Å². The minimum atomic E-state index is -1.15. The van der Waals surface area contributed by atoms with Crippen LogP contribution in [0.4, 0.5) is 11.4 Å². The number of anilines is 1. The molecular weight excluding hydrogens is 534 g/mol. The molecule has 3 fully saturated rings. The summed E-state index contributed by atoms with van der Waals surface area (Å²) in [4.78, 5) is 61.8. The van der Waals surface area contributed by atoms with Gasteiger partial charge in [0.2, 0.25) is 11.8 Å². The van der Waals surface area contributed by atoms with Gasteiger partial charge in [-0.3, -0.25) is 34.0 Å². The maximum Gasteiger partial charge on any atom is 0.289 e. The first-order chi connectivity index (χ1) is 19.4. The summed E-state index contributed by atoms with van der Waals surface area (Å²) in [6.45, 7) is 0.641. The lowest BCUT2D eigenvalue weighted by atomic mass is 9.75. The van der Waals surface area contributed by atoms with Crippen molar-refractivity contribution < 1.29 is 14.5 Å². The zero-order valence-corrected chi connectivity index (χ0v) is 21.6. The standard InChI is InChI=1S/C29H20ClN5O5/c30-18-12-11-15(14-22(18)35(39)40)33-26(37)23-21-10-5-13-32(21)29(24(23)27(33)38)17-7-2-4-9-20(17)34-25(36)16-6-1-3-8-19(16)31-28(29)34/h1-4,6-9,11-12,14,21,23-24H,5,10,13H2/t21-,23+,24+,29-/m0/s1. The quantitative estimate of drug-likeness (QED) is 0.210. The first-order valence-corrected chi connectivity index (χ1v) is 13.4. The van der Waals surface area contributed by atoms with E-state index in [0.29, 0.717) is 35.4 Å². The molecule has 198 valence electrons. The van der Waals surface area contributed by atoms with Gasteiger partial charge in [-0.2, -0.15) is 0 Å². The molecule has 10 nitrogen and oxygen atoms in total. The van der Waals surface area contributed by atoms with Crippen LogP contribution >= 0.6 is 11.6 Å². The Morgan fingerprint density at radius 3 is 2.60 bits per heavy atom. The highest BCUT2D eigenvalue weighted by molar-refractivity contribution is 6.33. The van der Waals surface area contributed by atoms with Gasteiger partial charge in [0.15, 0.2) is 0 Å². The molecule has 8 rings (SSSR count). The van der Waals surface area contributed by atoms with Gasteiger partial charge in [0.25, 0.3) is 11.2 Å². The summed E-state index contributed by atoms with van der Waals surface area (Å²) in [7, 11) is 0. The number of nitrogens with zero attached hydrogens (tertiary/aromatic N) is 5. The number of nitro benzene ring substituents is 1. The molecule has 5 heterocycles. The molecule has 11 heteroatoms. The number of carbonyl (C=O) groups is 2. The van der Waals surface area contributed by atoms with Gasteiger partial charge in [0, 0.05) is 17.7 Å². The molecule has 4 aliphatic rings.